The number of hydrogen-bond acceptors (Lipinski definition) is 4. The van der Waals surface area contributed by atoms with Crippen LogP contribution in [0.25, 0.3) is 5.65 Å². The number of aromatic nitrogens is 3. The largest absolute Gasteiger partial charge is 0.354 e. The van der Waals surface area contributed by atoms with Gasteiger partial charge in [-0.25, -0.2) is 0 Å². The minimum atomic E-state index is -0.292. The summed E-state index contributed by atoms with van der Waals surface area (Å²) < 4.78 is 2.69. The smallest absolute Gasteiger partial charge is 0.251 e. The fourth-order valence-electron chi connectivity index (χ4n) is 2.33. The number of hydrogen-bond donors (Lipinski definition) is 2. The average molecular weight is 402 g/mol. The van der Waals surface area contributed by atoms with Crippen LogP contribution in [0.5, 0.6) is 0 Å². The second kappa shape index (κ2) is 7.89. The average Bonchev–Trinajstić information content (AvgIpc) is 3.03. The third-order valence-electron chi connectivity index (χ3n) is 3.55. The van der Waals surface area contributed by atoms with Gasteiger partial charge in [-0.3, -0.25) is 14.0 Å². The van der Waals surface area contributed by atoms with Crippen molar-refractivity contribution in [1.29, 1.82) is 0 Å². The quantitative estimate of drug-likeness (QED) is 0.656. The molecule has 128 valence electrons. The lowest BCUT2D eigenvalue weighted by molar-refractivity contribution is -0.120. The molecule has 7 nitrogen and oxygen atoms in total. The molecule has 0 unspecified atom stereocenters. The Kier molecular flexibility index (Phi) is 5.39. The van der Waals surface area contributed by atoms with Crippen molar-refractivity contribution in [1.82, 2.24) is 25.2 Å². The van der Waals surface area contributed by atoms with Crippen LogP contribution >= 0.6 is 15.9 Å². The first-order valence-corrected chi connectivity index (χ1v) is 8.52. The van der Waals surface area contributed by atoms with Crippen molar-refractivity contribution in [3.63, 3.8) is 0 Å². The van der Waals surface area contributed by atoms with E-state index in [0.29, 0.717) is 18.5 Å². The van der Waals surface area contributed by atoms with E-state index in [1.807, 2.05) is 34.9 Å². The van der Waals surface area contributed by atoms with E-state index in [2.05, 4.69) is 36.8 Å². The fraction of sp³-hybridized carbons (Fsp3) is 0.176. The number of nitrogens with zero attached hydrogens (tertiary/aromatic N) is 3. The molecule has 0 saturated heterocycles. The SMILES string of the molecule is O=C(CNC(=O)c1cccc(Br)c1)NCCc1nnc2ccccn12. The number of nitrogens with one attached hydrogen (secondary N) is 2. The van der Waals surface area contributed by atoms with Gasteiger partial charge in [0.05, 0.1) is 6.54 Å². The highest BCUT2D eigenvalue weighted by Crippen LogP contribution is 2.11. The standard InChI is InChI=1S/C17H16BrN5O2/c18-13-5-3-4-12(10-13)17(25)20-11-16(24)19-8-7-15-22-21-14-6-1-2-9-23(14)15/h1-6,9-10H,7-8,11H2,(H,19,24)(H,20,25). The maximum atomic E-state index is 12.0. The molecule has 3 rings (SSSR count). The number of benzene rings is 1. The lowest BCUT2D eigenvalue weighted by atomic mass is 10.2. The van der Waals surface area contributed by atoms with Crippen molar-refractivity contribution in [2.45, 2.75) is 6.42 Å². The molecule has 0 saturated carbocycles. The molecule has 25 heavy (non-hydrogen) atoms. The summed E-state index contributed by atoms with van der Waals surface area (Å²) in [5, 5.41) is 13.5. The molecule has 2 amide bonds. The lowest BCUT2D eigenvalue weighted by Crippen LogP contribution is -2.37. The Morgan fingerprint density at radius 1 is 1.08 bits per heavy atom. The third kappa shape index (κ3) is 4.42. The second-order valence-corrected chi connectivity index (χ2v) is 6.25. The van der Waals surface area contributed by atoms with Gasteiger partial charge in [-0.2, -0.15) is 0 Å². The van der Waals surface area contributed by atoms with Crippen molar-refractivity contribution >= 4 is 33.4 Å². The zero-order chi connectivity index (χ0) is 17.6. The maximum Gasteiger partial charge on any atom is 0.251 e. The minimum Gasteiger partial charge on any atom is -0.354 e. The highest BCUT2D eigenvalue weighted by Gasteiger charge is 2.09. The van der Waals surface area contributed by atoms with Crippen LogP contribution in [0, 0.1) is 0 Å². The third-order valence-corrected chi connectivity index (χ3v) is 4.04. The van der Waals surface area contributed by atoms with Gasteiger partial charge >= 0.3 is 0 Å². The van der Waals surface area contributed by atoms with Crippen molar-refractivity contribution in [3.8, 4) is 0 Å². The number of rotatable bonds is 6. The number of pyridine rings is 1. The van der Waals surface area contributed by atoms with Gasteiger partial charge < -0.3 is 10.6 Å². The van der Waals surface area contributed by atoms with E-state index < -0.39 is 0 Å². The molecule has 0 aliphatic heterocycles. The molecule has 2 heterocycles. The van der Waals surface area contributed by atoms with Gasteiger partial charge in [0.15, 0.2) is 5.65 Å². The second-order valence-electron chi connectivity index (χ2n) is 5.34. The number of amides is 2. The highest BCUT2D eigenvalue weighted by atomic mass is 79.9. The predicted molar refractivity (Wildman–Crippen MR) is 96.2 cm³/mol. The molecule has 8 heteroatoms. The monoisotopic (exact) mass is 401 g/mol. The molecule has 3 aromatic rings. The van der Waals surface area contributed by atoms with Gasteiger partial charge in [-0.15, -0.1) is 10.2 Å². The zero-order valence-electron chi connectivity index (χ0n) is 13.3. The molecule has 0 bridgehead atoms. The van der Waals surface area contributed by atoms with Gasteiger partial charge in [0.2, 0.25) is 5.91 Å². The van der Waals surface area contributed by atoms with Crippen LogP contribution in [-0.4, -0.2) is 39.5 Å². The van der Waals surface area contributed by atoms with Gasteiger partial charge in [-0.1, -0.05) is 28.1 Å². The van der Waals surface area contributed by atoms with Crippen LogP contribution < -0.4 is 10.6 Å². The number of halogens is 1. The molecule has 2 N–H and O–H groups in total. The zero-order valence-corrected chi connectivity index (χ0v) is 14.9. The summed E-state index contributed by atoms with van der Waals surface area (Å²) in [5.41, 5.74) is 1.27. The topological polar surface area (TPSA) is 88.4 Å². The van der Waals surface area contributed by atoms with Gasteiger partial charge in [-0.05, 0) is 30.3 Å². The Balaban J connectivity index is 1.44. The van der Waals surface area contributed by atoms with Crippen molar-refractivity contribution in [3.05, 3.63) is 64.5 Å². The highest BCUT2D eigenvalue weighted by molar-refractivity contribution is 9.10. The van der Waals surface area contributed by atoms with E-state index in [4.69, 9.17) is 0 Å². The molecule has 0 fully saturated rings. The summed E-state index contributed by atoms with van der Waals surface area (Å²) in [7, 11) is 0. The van der Waals surface area contributed by atoms with Crippen LogP contribution in [0.2, 0.25) is 0 Å². The van der Waals surface area contributed by atoms with E-state index in [1.165, 1.54) is 0 Å². The first-order chi connectivity index (χ1) is 12.1. The molecule has 1 aromatic carbocycles. The van der Waals surface area contributed by atoms with Crippen molar-refractivity contribution in [2.75, 3.05) is 13.1 Å². The van der Waals surface area contributed by atoms with Crippen molar-refractivity contribution in [2.24, 2.45) is 0 Å². The van der Waals surface area contributed by atoms with Crippen LogP contribution in [0.4, 0.5) is 0 Å². The van der Waals surface area contributed by atoms with Gasteiger partial charge in [0, 0.05) is 29.2 Å². The first-order valence-electron chi connectivity index (χ1n) is 7.72. The van der Waals surface area contributed by atoms with Crippen molar-refractivity contribution < 1.29 is 9.59 Å². The Bertz CT molecular complexity index is 909. The molecular formula is C17H16BrN5O2. The summed E-state index contributed by atoms with van der Waals surface area (Å²) in [6.45, 7) is 0.340. The number of fused-ring (bicyclic) bond motifs is 1. The number of carbonyl (C=O) groups is 2. The molecule has 0 radical (unpaired) electrons. The normalized spacial score (nSPS) is 10.6. The molecule has 0 spiro atoms. The molecule has 0 aliphatic carbocycles. The van der Waals surface area contributed by atoms with Crippen LogP contribution in [-0.2, 0) is 11.2 Å². The Morgan fingerprint density at radius 2 is 1.96 bits per heavy atom. The summed E-state index contributed by atoms with van der Waals surface area (Å²) in [4.78, 5) is 23.8. The van der Waals surface area contributed by atoms with Gasteiger partial charge in [0.1, 0.15) is 5.82 Å². The van der Waals surface area contributed by atoms with Crippen LogP contribution in [0.15, 0.2) is 53.1 Å². The minimum absolute atomic E-state index is 0.0775. The van der Waals surface area contributed by atoms with Gasteiger partial charge in [0.25, 0.3) is 5.91 Å². The molecule has 0 atom stereocenters. The first kappa shape index (κ1) is 17.1. The summed E-state index contributed by atoms with van der Waals surface area (Å²) >= 11 is 3.31. The van der Waals surface area contributed by atoms with E-state index in [0.717, 1.165) is 15.9 Å². The molecule has 0 aliphatic rings. The van der Waals surface area contributed by atoms with Crippen LogP contribution in [0.1, 0.15) is 16.2 Å². The summed E-state index contributed by atoms with van der Waals surface area (Å²) in [6.07, 6.45) is 2.43. The Hall–Kier alpha value is -2.74. The summed E-state index contributed by atoms with van der Waals surface area (Å²) in [5.74, 6) is 0.228. The Labute approximate surface area is 152 Å². The summed E-state index contributed by atoms with van der Waals surface area (Å²) in [6, 6.07) is 12.6. The van der Waals surface area contributed by atoms with E-state index in [1.54, 1.807) is 18.2 Å². The lowest BCUT2D eigenvalue weighted by Gasteiger charge is -2.07. The van der Waals surface area contributed by atoms with E-state index >= 15 is 0 Å². The van der Waals surface area contributed by atoms with E-state index in [9.17, 15) is 9.59 Å². The maximum absolute atomic E-state index is 12.0. The van der Waals surface area contributed by atoms with Crippen LogP contribution in [0.3, 0.4) is 0 Å². The predicted octanol–water partition coefficient (Wildman–Crippen LogP) is 1.58. The Morgan fingerprint density at radius 3 is 2.80 bits per heavy atom. The molecule has 2 aromatic heterocycles. The fourth-order valence-corrected chi connectivity index (χ4v) is 2.73. The molecular weight excluding hydrogens is 386 g/mol. The number of carbonyl (C=O) groups excluding carboxylic acids is 2. The van der Waals surface area contributed by atoms with E-state index in [-0.39, 0.29) is 18.4 Å².